The molecule has 1 aromatic carbocycles. The Balaban J connectivity index is 1.85. The van der Waals surface area contributed by atoms with Crippen molar-refractivity contribution in [3.8, 4) is 5.75 Å². The molecule has 0 aliphatic rings. The molecule has 132 valence electrons. The second-order valence-corrected chi connectivity index (χ2v) is 6.76. The first-order valence-corrected chi connectivity index (χ1v) is 9.25. The van der Waals surface area contributed by atoms with Gasteiger partial charge in [-0.1, -0.05) is 24.7 Å². The summed E-state index contributed by atoms with van der Waals surface area (Å²) in [4.78, 5) is 19.1. The van der Waals surface area contributed by atoms with Crippen LogP contribution < -0.4 is 9.64 Å². The number of unbranched alkanes of at least 4 members (excludes halogenated alkanes) is 1. The van der Waals surface area contributed by atoms with Crippen molar-refractivity contribution in [2.24, 2.45) is 0 Å². The molecule has 2 aromatic heterocycles. The van der Waals surface area contributed by atoms with Crippen molar-refractivity contribution >= 4 is 32.6 Å². The fraction of sp³-hybridized carbons (Fsp3) is 0.389. The lowest BCUT2D eigenvalue weighted by Crippen LogP contribution is -2.33. The average Bonchev–Trinajstić information content (AvgIpc) is 3.28. The van der Waals surface area contributed by atoms with Crippen LogP contribution in [0.2, 0.25) is 0 Å². The fourth-order valence-corrected chi connectivity index (χ4v) is 3.60. The Morgan fingerprint density at radius 1 is 1.40 bits per heavy atom. The molecule has 0 aliphatic carbocycles. The smallest absolute Gasteiger partial charge is 0.228 e. The highest BCUT2D eigenvalue weighted by atomic mass is 32.1. The number of thiazole rings is 1. The van der Waals surface area contributed by atoms with E-state index in [4.69, 9.17) is 4.74 Å². The van der Waals surface area contributed by atoms with Gasteiger partial charge in [-0.05, 0) is 30.7 Å². The molecule has 0 aliphatic heterocycles. The molecule has 0 saturated carbocycles. The minimum absolute atomic E-state index is 0.111. The summed E-state index contributed by atoms with van der Waals surface area (Å²) in [6.07, 6.45) is 6.06. The predicted molar refractivity (Wildman–Crippen MR) is 100 cm³/mol. The molecule has 0 bridgehead atoms. The summed E-state index contributed by atoms with van der Waals surface area (Å²) in [6, 6.07) is 7.65. The van der Waals surface area contributed by atoms with E-state index in [1.54, 1.807) is 18.2 Å². The Bertz CT molecular complexity index is 829. The maximum atomic E-state index is 12.7. The van der Waals surface area contributed by atoms with Crippen molar-refractivity contribution < 1.29 is 9.53 Å². The van der Waals surface area contributed by atoms with Crippen molar-refractivity contribution in [1.82, 2.24) is 14.8 Å². The van der Waals surface area contributed by atoms with Gasteiger partial charge in [0.2, 0.25) is 5.91 Å². The average molecular weight is 358 g/mol. The van der Waals surface area contributed by atoms with Crippen molar-refractivity contribution in [3.05, 3.63) is 36.7 Å². The number of ether oxygens (including phenoxy) is 1. The Kier molecular flexibility index (Phi) is 5.65. The van der Waals surface area contributed by atoms with Gasteiger partial charge in [-0.3, -0.25) is 14.4 Å². The lowest BCUT2D eigenvalue weighted by molar-refractivity contribution is -0.118. The number of aromatic nitrogens is 3. The van der Waals surface area contributed by atoms with E-state index in [9.17, 15) is 4.79 Å². The van der Waals surface area contributed by atoms with E-state index in [0.29, 0.717) is 19.5 Å². The Labute approximate surface area is 151 Å². The molecule has 0 N–H and O–H groups in total. The number of carbonyl (C=O) groups is 1. The first kappa shape index (κ1) is 17.4. The third-order valence-corrected chi connectivity index (χ3v) is 5.01. The van der Waals surface area contributed by atoms with Crippen LogP contribution in [0.3, 0.4) is 0 Å². The summed E-state index contributed by atoms with van der Waals surface area (Å²) < 4.78 is 8.12. The molecular formula is C18H22N4O2S. The van der Waals surface area contributed by atoms with Gasteiger partial charge in [-0.2, -0.15) is 5.10 Å². The van der Waals surface area contributed by atoms with Crippen molar-refractivity contribution in [2.75, 3.05) is 18.6 Å². The molecule has 0 atom stereocenters. The number of hydrogen-bond donors (Lipinski definition) is 0. The summed E-state index contributed by atoms with van der Waals surface area (Å²) in [5.74, 6) is 0.906. The molecule has 25 heavy (non-hydrogen) atoms. The van der Waals surface area contributed by atoms with Crippen LogP contribution in [-0.2, 0) is 11.3 Å². The fourth-order valence-electron chi connectivity index (χ4n) is 2.56. The van der Waals surface area contributed by atoms with Crippen molar-refractivity contribution in [2.45, 2.75) is 32.7 Å². The Hall–Kier alpha value is -2.41. The minimum atomic E-state index is 0.111. The van der Waals surface area contributed by atoms with Crippen LogP contribution in [0.25, 0.3) is 10.2 Å². The number of nitrogens with zero attached hydrogens (tertiary/aromatic N) is 4. The lowest BCUT2D eigenvalue weighted by atomic mass is 10.2. The van der Waals surface area contributed by atoms with Gasteiger partial charge < -0.3 is 4.74 Å². The Morgan fingerprint density at radius 2 is 2.28 bits per heavy atom. The summed E-state index contributed by atoms with van der Waals surface area (Å²) in [5.41, 5.74) is 0.883. The first-order chi connectivity index (χ1) is 12.2. The Morgan fingerprint density at radius 3 is 3.00 bits per heavy atom. The molecule has 3 aromatic rings. The minimum Gasteiger partial charge on any atom is -0.497 e. The van der Waals surface area contributed by atoms with Gasteiger partial charge in [0.15, 0.2) is 5.13 Å². The molecule has 0 spiro atoms. The zero-order valence-electron chi connectivity index (χ0n) is 14.5. The number of anilines is 1. The van der Waals surface area contributed by atoms with E-state index in [-0.39, 0.29) is 5.91 Å². The van der Waals surface area contributed by atoms with Gasteiger partial charge in [-0.15, -0.1) is 0 Å². The van der Waals surface area contributed by atoms with E-state index < -0.39 is 0 Å². The second-order valence-electron chi connectivity index (χ2n) is 5.75. The largest absolute Gasteiger partial charge is 0.497 e. The molecule has 0 fully saturated rings. The second kappa shape index (κ2) is 8.11. The van der Waals surface area contributed by atoms with E-state index >= 15 is 0 Å². The zero-order valence-corrected chi connectivity index (χ0v) is 15.3. The predicted octanol–water partition coefficient (Wildman–Crippen LogP) is 3.72. The van der Waals surface area contributed by atoms with Crippen LogP contribution in [-0.4, -0.2) is 34.3 Å². The highest BCUT2D eigenvalue weighted by Gasteiger charge is 2.19. The van der Waals surface area contributed by atoms with Gasteiger partial charge in [0.05, 0.1) is 23.9 Å². The standard InChI is InChI=1S/C18H22N4O2S/c1-3-4-6-17(23)22(12-11-21-10-5-9-19-21)18-20-15-8-7-14(24-2)13-16(15)25-18/h5,7-10,13H,3-4,6,11-12H2,1-2H3. The molecule has 2 heterocycles. The summed E-state index contributed by atoms with van der Waals surface area (Å²) >= 11 is 1.52. The van der Waals surface area contributed by atoms with Gasteiger partial charge in [0.25, 0.3) is 0 Å². The molecule has 0 unspecified atom stereocenters. The number of fused-ring (bicyclic) bond motifs is 1. The number of amides is 1. The number of methoxy groups -OCH3 is 1. The van der Waals surface area contributed by atoms with E-state index in [0.717, 1.165) is 33.9 Å². The molecule has 1 amide bonds. The molecule has 0 saturated heterocycles. The number of benzene rings is 1. The number of hydrogen-bond acceptors (Lipinski definition) is 5. The van der Waals surface area contributed by atoms with E-state index in [1.807, 2.05) is 35.1 Å². The third-order valence-electron chi connectivity index (χ3n) is 3.97. The first-order valence-electron chi connectivity index (χ1n) is 8.43. The van der Waals surface area contributed by atoms with Crippen LogP contribution in [0.1, 0.15) is 26.2 Å². The monoisotopic (exact) mass is 358 g/mol. The molecular weight excluding hydrogens is 336 g/mol. The van der Waals surface area contributed by atoms with Gasteiger partial charge >= 0.3 is 0 Å². The van der Waals surface area contributed by atoms with Gasteiger partial charge in [0.1, 0.15) is 5.75 Å². The quantitative estimate of drug-likeness (QED) is 0.616. The highest BCUT2D eigenvalue weighted by Crippen LogP contribution is 2.31. The summed E-state index contributed by atoms with van der Waals surface area (Å²) in [7, 11) is 1.65. The molecule has 7 heteroatoms. The maximum Gasteiger partial charge on any atom is 0.228 e. The van der Waals surface area contributed by atoms with Crippen LogP contribution in [0.5, 0.6) is 5.75 Å². The topological polar surface area (TPSA) is 60.2 Å². The van der Waals surface area contributed by atoms with Gasteiger partial charge in [-0.25, -0.2) is 4.98 Å². The number of carbonyl (C=O) groups excluding carboxylic acids is 1. The van der Waals surface area contributed by atoms with Crippen molar-refractivity contribution in [3.63, 3.8) is 0 Å². The maximum absolute atomic E-state index is 12.7. The summed E-state index contributed by atoms with van der Waals surface area (Å²) in [5, 5.41) is 4.95. The molecule has 3 rings (SSSR count). The van der Waals surface area contributed by atoms with Crippen LogP contribution in [0.4, 0.5) is 5.13 Å². The normalized spacial score (nSPS) is 11.0. The van der Waals surface area contributed by atoms with Crippen molar-refractivity contribution in [1.29, 1.82) is 0 Å². The van der Waals surface area contributed by atoms with Crippen LogP contribution in [0, 0.1) is 0 Å². The third kappa shape index (κ3) is 4.17. The molecule has 6 nitrogen and oxygen atoms in total. The molecule has 0 radical (unpaired) electrons. The zero-order chi connectivity index (χ0) is 17.6. The number of rotatable bonds is 8. The van der Waals surface area contributed by atoms with Crippen LogP contribution in [0.15, 0.2) is 36.7 Å². The van der Waals surface area contributed by atoms with E-state index in [2.05, 4.69) is 17.0 Å². The van der Waals surface area contributed by atoms with Gasteiger partial charge in [0, 0.05) is 25.4 Å². The lowest BCUT2D eigenvalue weighted by Gasteiger charge is -2.19. The highest BCUT2D eigenvalue weighted by molar-refractivity contribution is 7.22. The SMILES string of the molecule is CCCCC(=O)N(CCn1cccn1)c1nc2ccc(OC)cc2s1. The summed E-state index contributed by atoms with van der Waals surface area (Å²) in [6.45, 7) is 3.29. The van der Waals surface area contributed by atoms with Crippen LogP contribution >= 0.6 is 11.3 Å². The van der Waals surface area contributed by atoms with E-state index in [1.165, 1.54) is 11.3 Å².